The third kappa shape index (κ3) is 3.19. The quantitative estimate of drug-likeness (QED) is 0.622. The average molecular weight is 304 g/mol. The molecule has 0 unspecified atom stereocenters. The Morgan fingerprint density at radius 1 is 1.42 bits per heavy atom. The number of methoxy groups -OCH3 is 1. The standard InChI is InChI=1S/C13H14ClNO3.ClH/c1-18-13(17)10-4-5-11-9(7-10)3-2-6-15(11)12(16)8-14;/h4-5,7H,2-3,6,8H2,1H3;1H. The fraction of sp³-hybridized carbons (Fsp3) is 0.385. The first-order valence-corrected chi connectivity index (χ1v) is 6.28. The summed E-state index contributed by atoms with van der Waals surface area (Å²) >= 11 is 5.59. The summed E-state index contributed by atoms with van der Waals surface area (Å²) in [5.74, 6) is -0.500. The minimum Gasteiger partial charge on any atom is -0.465 e. The van der Waals surface area contributed by atoms with E-state index < -0.39 is 0 Å². The van der Waals surface area contributed by atoms with Crippen LogP contribution in [0.1, 0.15) is 22.3 Å². The highest BCUT2D eigenvalue weighted by atomic mass is 35.5. The summed E-state index contributed by atoms with van der Waals surface area (Å²) in [6.45, 7) is 0.677. The van der Waals surface area contributed by atoms with Crippen LogP contribution in [-0.2, 0) is 16.0 Å². The molecule has 4 nitrogen and oxygen atoms in total. The molecule has 1 amide bonds. The molecular formula is C13H15Cl2NO3. The van der Waals surface area contributed by atoms with Crippen LogP contribution in [0.15, 0.2) is 18.2 Å². The van der Waals surface area contributed by atoms with E-state index in [1.54, 1.807) is 23.1 Å². The highest BCUT2D eigenvalue weighted by molar-refractivity contribution is 6.29. The van der Waals surface area contributed by atoms with Gasteiger partial charge < -0.3 is 9.64 Å². The molecule has 0 atom stereocenters. The topological polar surface area (TPSA) is 46.6 Å². The van der Waals surface area contributed by atoms with Crippen molar-refractivity contribution in [2.75, 3.05) is 24.4 Å². The largest absolute Gasteiger partial charge is 0.465 e. The lowest BCUT2D eigenvalue weighted by molar-refractivity contribution is -0.116. The van der Waals surface area contributed by atoms with Gasteiger partial charge in [0.05, 0.1) is 12.7 Å². The molecule has 0 bridgehead atoms. The van der Waals surface area contributed by atoms with Crippen LogP contribution in [0.4, 0.5) is 5.69 Å². The number of halogens is 2. The molecule has 1 aromatic rings. The summed E-state index contributed by atoms with van der Waals surface area (Å²) in [7, 11) is 1.35. The fourth-order valence-corrected chi connectivity index (χ4v) is 2.32. The lowest BCUT2D eigenvalue weighted by Gasteiger charge is -2.29. The van der Waals surface area contributed by atoms with E-state index in [1.807, 2.05) is 0 Å². The molecule has 6 heteroatoms. The third-order valence-corrected chi connectivity index (χ3v) is 3.26. The van der Waals surface area contributed by atoms with Crippen LogP contribution < -0.4 is 4.90 Å². The predicted molar refractivity (Wildman–Crippen MR) is 76.4 cm³/mol. The molecule has 0 radical (unpaired) electrons. The number of rotatable bonds is 2. The van der Waals surface area contributed by atoms with Crippen molar-refractivity contribution in [1.29, 1.82) is 0 Å². The van der Waals surface area contributed by atoms with Crippen LogP contribution in [0, 0.1) is 0 Å². The molecule has 0 fully saturated rings. The van der Waals surface area contributed by atoms with Crippen molar-refractivity contribution in [1.82, 2.24) is 0 Å². The van der Waals surface area contributed by atoms with Crippen molar-refractivity contribution in [2.45, 2.75) is 12.8 Å². The average Bonchev–Trinajstić information content (AvgIpc) is 2.44. The Morgan fingerprint density at radius 3 is 2.79 bits per heavy atom. The van der Waals surface area contributed by atoms with Gasteiger partial charge >= 0.3 is 5.97 Å². The number of nitrogens with zero attached hydrogens (tertiary/aromatic N) is 1. The van der Waals surface area contributed by atoms with Crippen molar-refractivity contribution in [3.05, 3.63) is 29.3 Å². The summed E-state index contributed by atoms with van der Waals surface area (Å²) in [5, 5.41) is 0. The monoisotopic (exact) mass is 303 g/mol. The number of amides is 1. The van der Waals surface area contributed by atoms with Crippen molar-refractivity contribution in [2.24, 2.45) is 0 Å². The molecule has 0 saturated carbocycles. The number of esters is 1. The molecule has 1 aliphatic heterocycles. The van der Waals surface area contributed by atoms with E-state index in [-0.39, 0.29) is 30.2 Å². The van der Waals surface area contributed by atoms with Crippen molar-refractivity contribution < 1.29 is 14.3 Å². The molecule has 19 heavy (non-hydrogen) atoms. The zero-order chi connectivity index (χ0) is 13.1. The lowest BCUT2D eigenvalue weighted by Crippen LogP contribution is -2.36. The van der Waals surface area contributed by atoms with Gasteiger partial charge in [-0.15, -0.1) is 24.0 Å². The van der Waals surface area contributed by atoms with Crippen molar-refractivity contribution >= 4 is 41.6 Å². The summed E-state index contributed by atoms with van der Waals surface area (Å²) in [6.07, 6.45) is 1.73. The Hall–Kier alpha value is -1.26. The van der Waals surface area contributed by atoms with E-state index in [4.69, 9.17) is 11.6 Å². The highest BCUT2D eigenvalue weighted by Crippen LogP contribution is 2.28. The zero-order valence-electron chi connectivity index (χ0n) is 10.5. The summed E-state index contributed by atoms with van der Waals surface area (Å²) < 4.78 is 4.68. The van der Waals surface area contributed by atoms with Gasteiger partial charge in [-0.05, 0) is 36.6 Å². The lowest BCUT2D eigenvalue weighted by atomic mass is 9.99. The van der Waals surface area contributed by atoms with Gasteiger partial charge in [0.2, 0.25) is 5.91 Å². The van der Waals surface area contributed by atoms with E-state index in [0.29, 0.717) is 12.1 Å². The molecule has 2 rings (SSSR count). The van der Waals surface area contributed by atoms with Gasteiger partial charge in [0, 0.05) is 12.2 Å². The summed E-state index contributed by atoms with van der Waals surface area (Å²) in [6, 6.07) is 5.24. The number of anilines is 1. The molecule has 0 saturated heterocycles. The molecule has 0 N–H and O–H groups in total. The van der Waals surface area contributed by atoms with E-state index in [9.17, 15) is 9.59 Å². The van der Waals surface area contributed by atoms with Crippen LogP contribution in [0.2, 0.25) is 0 Å². The van der Waals surface area contributed by atoms with Crippen molar-refractivity contribution in [3.8, 4) is 0 Å². The summed E-state index contributed by atoms with van der Waals surface area (Å²) in [5.41, 5.74) is 2.35. The number of alkyl halides is 1. The van der Waals surface area contributed by atoms with Crippen LogP contribution in [0.5, 0.6) is 0 Å². The Kier molecular flexibility index (Phi) is 5.63. The molecular weight excluding hydrogens is 289 g/mol. The van der Waals surface area contributed by atoms with E-state index in [0.717, 1.165) is 24.1 Å². The maximum Gasteiger partial charge on any atom is 0.337 e. The number of ether oxygens (including phenoxy) is 1. The minimum absolute atomic E-state index is 0. The first-order valence-electron chi connectivity index (χ1n) is 5.75. The Bertz CT molecular complexity index is 491. The predicted octanol–water partition coefficient (Wildman–Crippen LogP) is 2.41. The van der Waals surface area contributed by atoms with Gasteiger partial charge in [-0.25, -0.2) is 4.79 Å². The smallest absolute Gasteiger partial charge is 0.337 e. The van der Waals surface area contributed by atoms with Crippen LogP contribution in [0.3, 0.4) is 0 Å². The van der Waals surface area contributed by atoms with Crippen LogP contribution in [0.25, 0.3) is 0 Å². The minimum atomic E-state index is -0.362. The number of carbonyl (C=O) groups is 2. The number of benzene rings is 1. The highest BCUT2D eigenvalue weighted by Gasteiger charge is 2.22. The molecule has 104 valence electrons. The second-order valence-corrected chi connectivity index (χ2v) is 4.38. The number of aryl methyl sites for hydroxylation is 1. The first-order chi connectivity index (χ1) is 8.67. The van der Waals surface area contributed by atoms with E-state index in [1.165, 1.54) is 7.11 Å². The number of hydrogen-bond donors (Lipinski definition) is 0. The van der Waals surface area contributed by atoms with Crippen molar-refractivity contribution in [3.63, 3.8) is 0 Å². The van der Waals surface area contributed by atoms with Crippen LogP contribution >= 0.6 is 24.0 Å². The second-order valence-electron chi connectivity index (χ2n) is 4.12. The third-order valence-electron chi connectivity index (χ3n) is 3.03. The van der Waals surface area contributed by atoms with Crippen LogP contribution in [-0.4, -0.2) is 31.4 Å². The van der Waals surface area contributed by atoms with Gasteiger partial charge in [-0.2, -0.15) is 0 Å². The number of carbonyl (C=O) groups excluding carboxylic acids is 2. The molecule has 0 spiro atoms. The SMILES string of the molecule is COC(=O)c1ccc2c(c1)CCCN2C(=O)CCl.Cl. The van der Waals surface area contributed by atoms with Gasteiger partial charge in [0.1, 0.15) is 5.88 Å². The fourth-order valence-electron chi connectivity index (χ4n) is 2.17. The van der Waals surface area contributed by atoms with E-state index in [2.05, 4.69) is 4.74 Å². The van der Waals surface area contributed by atoms with Gasteiger partial charge in [-0.3, -0.25) is 4.79 Å². The molecule has 1 aromatic carbocycles. The van der Waals surface area contributed by atoms with Gasteiger partial charge in [0.25, 0.3) is 0 Å². The van der Waals surface area contributed by atoms with Gasteiger partial charge in [-0.1, -0.05) is 0 Å². The summed E-state index contributed by atoms with van der Waals surface area (Å²) in [4.78, 5) is 24.8. The van der Waals surface area contributed by atoms with Gasteiger partial charge in [0.15, 0.2) is 0 Å². The first kappa shape index (κ1) is 15.8. The Labute approximate surface area is 123 Å². The molecule has 1 aliphatic rings. The maximum atomic E-state index is 11.7. The number of hydrogen-bond acceptors (Lipinski definition) is 3. The molecule has 1 heterocycles. The molecule has 0 aromatic heterocycles. The normalized spacial score (nSPS) is 13.3. The zero-order valence-corrected chi connectivity index (χ0v) is 12.1. The number of fused-ring (bicyclic) bond motifs is 1. The molecule has 0 aliphatic carbocycles. The second kappa shape index (κ2) is 6.78. The Morgan fingerprint density at radius 2 is 2.16 bits per heavy atom. The Balaban J connectivity index is 0.00000180. The maximum absolute atomic E-state index is 11.7. The van der Waals surface area contributed by atoms with E-state index >= 15 is 0 Å².